The zero-order valence-corrected chi connectivity index (χ0v) is 18.2. The maximum absolute atomic E-state index is 12.9. The van der Waals surface area contributed by atoms with Gasteiger partial charge in [-0.15, -0.1) is 0 Å². The van der Waals surface area contributed by atoms with Crippen molar-refractivity contribution in [3.8, 4) is 11.3 Å². The number of nitro groups is 1. The Balaban J connectivity index is 1.57. The van der Waals surface area contributed by atoms with Crippen LogP contribution in [0, 0.1) is 17.0 Å². The molecule has 156 valence electrons. The second-order valence-electron chi connectivity index (χ2n) is 7.23. The van der Waals surface area contributed by atoms with Crippen molar-refractivity contribution in [3.05, 3.63) is 56.7 Å². The number of carbonyl (C=O) groups is 1. The van der Waals surface area contributed by atoms with Crippen LogP contribution in [0.3, 0.4) is 0 Å². The predicted octanol–water partition coefficient (Wildman–Crippen LogP) is 3.53. The van der Waals surface area contributed by atoms with Crippen LogP contribution in [-0.4, -0.2) is 63.3 Å². The van der Waals surface area contributed by atoms with Crippen molar-refractivity contribution in [1.82, 2.24) is 14.9 Å². The van der Waals surface area contributed by atoms with Gasteiger partial charge in [0.15, 0.2) is 4.32 Å². The van der Waals surface area contributed by atoms with Gasteiger partial charge in [0.1, 0.15) is 11.5 Å². The van der Waals surface area contributed by atoms with Gasteiger partial charge in [0.05, 0.1) is 15.4 Å². The summed E-state index contributed by atoms with van der Waals surface area (Å²) in [6.45, 7) is 5.00. The predicted molar refractivity (Wildman–Crippen MR) is 120 cm³/mol. The molecule has 1 aromatic heterocycles. The van der Waals surface area contributed by atoms with Crippen LogP contribution in [0.1, 0.15) is 11.3 Å². The van der Waals surface area contributed by atoms with Crippen LogP contribution in [0.15, 0.2) is 39.7 Å². The molecule has 4 rings (SSSR count). The molecule has 0 aliphatic carbocycles. The maximum atomic E-state index is 12.9. The van der Waals surface area contributed by atoms with E-state index in [2.05, 4.69) is 11.9 Å². The van der Waals surface area contributed by atoms with Gasteiger partial charge in [0, 0.05) is 38.3 Å². The molecule has 0 atom stereocenters. The summed E-state index contributed by atoms with van der Waals surface area (Å²) < 4.78 is 6.31. The third kappa shape index (κ3) is 4.04. The molecule has 3 heterocycles. The lowest BCUT2D eigenvalue weighted by Crippen LogP contribution is -2.54. The maximum Gasteiger partial charge on any atom is 0.281 e. The third-order valence-electron chi connectivity index (χ3n) is 5.05. The largest absolute Gasteiger partial charge is 0.456 e. The summed E-state index contributed by atoms with van der Waals surface area (Å²) in [6.07, 6.45) is 1.64. The van der Waals surface area contributed by atoms with E-state index >= 15 is 0 Å². The van der Waals surface area contributed by atoms with Crippen molar-refractivity contribution in [1.29, 1.82) is 0 Å². The Labute approximate surface area is 183 Å². The first-order valence-corrected chi connectivity index (χ1v) is 10.6. The van der Waals surface area contributed by atoms with E-state index in [0.29, 0.717) is 26.3 Å². The quantitative estimate of drug-likeness (QED) is 0.307. The number of nitrogens with zero attached hydrogens (tertiary/aromatic N) is 4. The third-order valence-corrected chi connectivity index (χ3v) is 6.33. The topological polar surface area (TPSA) is 83.1 Å². The van der Waals surface area contributed by atoms with E-state index in [9.17, 15) is 14.9 Å². The number of furan rings is 1. The highest BCUT2D eigenvalue weighted by Gasteiger charge is 2.37. The molecule has 0 bridgehead atoms. The number of aryl methyl sites for hydroxylation is 1. The Kier molecular flexibility index (Phi) is 5.74. The zero-order valence-electron chi connectivity index (χ0n) is 16.5. The van der Waals surface area contributed by atoms with Gasteiger partial charge in [-0.25, -0.2) is 10.0 Å². The van der Waals surface area contributed by atoms with E-state index in [1.54, 1.807) is 42.3 Å². The lowest BCUT2D eigenvalue weighted by molar-refractivity contribution is -0.384. The van der Waals surface area contributed by atoms with Crippen LogP contribution in [0.4, 0.5) is 5.69 Å². The number of nitro benzene ring substituents is 1. The molecule has 0 spiro atoms. The molecular formula is C20H20N4O4S2. The first-order valence-electron chi connectivity index (χ1n) is 9.40. The van der Waals surface area contributed by atoms with Crippen LogP contribution < -0.4 is 0 Å². The van der Waals surface area contributed by atoms with Gasteiger partial charge in [-0.1, -0.05) is 30.0 Å². The number of amides is 1. The van der Waals surface area contributed by atoms with Crippen LogP contribution in [0.5, 0.6) is 0 Å². The minimum atomic E-state index is -0.425. The molecule has 0 N–H and O–H groups in total. The molecule has 0 radical (unpaired) electrons. The zero-order chi connectivity index (χ0) is 21.4. The highest BCUT2D eigenvalue weighted by Crippen LogP contribution is 2.36. The lowest BCUT2D eigenvalue weighted by atomic mass is 10.1. The van der Waals surface area contributed by atoms with Crippen molar-refractivity contribution < 1.29 is 14.1 Å². The lowest BCUT2D eigenvalue weighted by Gasteiger charge is -2.37. The van der Waals surface area contributed by atoms with E-state index in [1.165, 1.54) is 17.8 Å². The molecule has 1 aromatic carbocycles. The van der Waals surface area contributed by atoms with Crippen LogP contribution in [0.2, 0.25) is 0 Å². The number of thioether (sulfide) groups is 1. The Bertz CT molecular complexity index is 1060. The van der Waals surface area contributed by atoms with Crippen molar-refractivity contribution in [2.45, 2.75) is 6.92 Å². The van der Waals surface area contributed by atoms with E-state index < -0.39 is 4.92 Å². The Morgan fingerprint density at radius 2 is 1.93 bits per heavy atom. The number of benzene rings is 1. The Morgan fingerprint density at radius 3 is 2.63 bits per heavy atom. The second kappa shape index (κ2) is 8.31. The van der Waals surface area contributed by atoms with Crippen LogP contribution in [0.25, 0.3) is 17.4 Å². The van der Waals surface area contributed by atoms with Gasteiger partial charge in [-0.3, -0.25) is 14.9 Å². The average Bonchev–Trinajstić information content (AvgIpc) is 3.27. The highest BCUT2D eigenvalue weighted by atomic mass is 32.2. The average molecular weight is 445 g/mol. The summed E-state index contributed by atoms with van der Waals surface area (Å²) in [6, 6.07) is 8.35. The van der Waals surface area contributed by atoms with E-state index in [1.807, 2.05) is 5.01 Å². The van der Waals surface area contributed by atoms with Gasteiger partial charge in [-0.2, -0.15) is 0 Å². The molecule has 0 unspecified atom stereocenters. The molecule has 2 aliphatic heterocycles. The number of piperazine rings is 1. The number of hydrogen-bond acceptors (Lipinski definition) is 8. The van der Waals surface area contributed by atoms with E-state index in [4.69, 9.17) is 16.6 Å². The van der Waals surface area contributed by atoms with Gasteiger partial charge in [-0.05, 0) is 37.7 Å². The summed E-state index contributed by atoms with van der Waals surface area (Å²) in [4.78, 5) is 26.6. The van der Waals surface area contributed by atoms with Gasteiger partial charge < -0.3 is 9.32 Å². The summed E-state index contributed by atoms with van der Waals surface area (Å²) in [5.74, 6) is 0.648. The Morgan fingerprint density at radius 1 is 1.20 bits per heavy atom. The van der Waals surface area contributed by atoms with Crippen molar-refractivity contribution in [3.63, 3.8) is 0 Å². The van der Waals surface area contributed by atoms with Crippen LogP contribution in [-0.2, 0) is 4.79 Å². The molecule has 2 aromatic rings. The fraction of sp³-hybridized carbons (Fsp3) is 0.300. The summed E-state index contributed by atoms with van der Waals surface area (Å²) in [5.41, 5.74) is 1.18. The van der Waals surface area contributed by atoms with Crippen molar-refractivity contribution in [2.24, 2.45) is 0 Å². The summed E-state index contributed by atoms with van der Waals surface area (Å²) in [7, 11) is 2.05. The molecular weight excluding hydrogens is 424 g/mol. The standard InChI is InChI=1S/C20H20N4O4S2/c1-13-3-5-15(16(11-13)24(26)27)17-6-4-14(28-17)12-18-19(25)23(20(29)30-18)22-9-7-21(2)8-10-22/h3-6,11-12H,7-10H2,1-2H3. The van der Waals surface area contributed by atoms with Gasteiger partial charge >= 0.3 is 0 Å². The molecule has 8 nitrogen and oxygen atoms in total. The minimum absolute atomic E-state index is 0.0164. The fourth-order valence-electron chi connectivity index (χ4n) is 3.40. The molecule has 30 heavy (non-hydrogen) atoms. The monoisotopic (exact) mass is 444 g/mol. The molecule has 0 saturated carbocycles. The Hall–Kier alpha value is -2.53. The fourth-order valence-corrected chi connectivity index (χ4v) is 4.69. The molecule has 10 heteroatoms. The van der Waals surface area contributed by atoms with Gasteiger partial charge in [0.25, 0.3) is 11.6 Å². The van der Waals surface area contributed by atoms with Crippen molar-refractivity contribution in [2.75, 3.05) is 33.2 Å². The minimum Gasteiger partial charge on any atom is -0.456 e. The van der Waals surface area contributed by atoms with E-state index in [-0.39, 0.29) is 11.6 Å². The SMILES string of the molecule is Cc1ccc(-c2ccc(C=C3SC(=S)N(N4CCN(C)CC4)C3=O)o2)c([N+](=O)[O-])c1. The summed E-state index contributed by atoms with van der Waals surface area (Å²) in [5, 5.41) is 14.9. The van der Waals surface area contributed by atoms with E-state index in [0.717, 1.165) is 31.7 Å². The van der Waals surface area contributed by atoms with Crippen molar-refractivity contribution >= 4 is 46.0 Å². The number of thiocarbonyl (C=S) groups is 1. The molecule has 1 amide bonds. The number of hydrazine groups is 1. The van der Waals surface area contributed by atoms with Gasteiger partial charge in [0.2, 0.25) is 0 Å². The normalized spacial score (nSPS) is 19.8. The smallest absolute Gasteiger partial charge is 0.281 e. The van der Waals surface area contributed by atoms with Crippen LogP contribution >= 0.6 is 24.0 Å². The summed E-state index contributed by atoms with van der Waals surface area (Å²) >= 11 is 6.66. The first kappa shape index (κ1) is 20.7. The first-order chi connectivity index (χ1) is 14.3. The number of hydrogen-bond donors (Lipinski definition) is 0. The number of likely N-dealkylation sites (N-methyl/N-ethyl adjacent to an activating group) is 1. The molecule has 2 aliphatic rings. The molecule has 2 fully saturated rings. The number of rotatable bonds is 4. The molecule has 2 saturated heterocycles. The highest BCUT2D eigenvalue weighted by molar-refractivity contribution is 8.26. The second-order valence-corrected chi connectivity index (χ2v) is 8.91. The number of carbonyl (C=O) groups excluding carboxylic acids is 1.